The second kappa shape index (κ2) is 6.45. The lowest BCUT2D eigenvalue weighted by Gasteiger charge is -2.50. The van der Waals surface area contributed by atoms with Crippen LogP contribution in [0.2, 0.25) is 0 Å². The van der Waals surface area contributed by atoms with E-state index in [0.29, 0.717) is 30.1 Å². The number of phenols is 1. The van der Waals surface area contributed by atoms with Crippen LogP contribution < -0.4 is 4.74 Å². The summed E-state index contributed by atoms with van der Waals surface area (Å²) in [5.41, 5.74) is 3.10. The quantitative estimate of drug-likeness (QED) is 0.805. The number of aliphatic hydroxyl groups excluding tert-OH is 1. The smallest absolute Gasteiger partial charge is 0.161 e. The van der Waals surface area contributed by atoms with Crippen molar-refractivity contribution in [3.8, 4) is 11.5 Å². The van der Waals surface area contributed by atoms with Crippen LogP contribution in [-0.2, 0) is 4.84 Å². The molecule has 5 nitrogen and oxygen atoms in total. The number of hydrogen-bond donors (Lipinski definition) is 2. The Labute approximate surface area is 155 Å². The first-order valence-corrected chi connectivity index (χ1v) is 9.77. The Morgan fingerprint density at radius 3 is 2.81 bits per heavy atom. The van der Waals surface area contributed by atoms with Gasteiger partial charge in [0.05, 0.1) is 18.4 Å². The SMILES string of the molecule is CCOc1cc2c(cc1O)/C(=N\OC)C[C@@H]1[C@@H]2CC[C@]2(C)C(O)CC[C@@H]12. The summed E-state index contributed by atoms with van der Waals surface area (Å²) in [6.45, 7) is 4.70. The molecule has 3 aliphatic carbocycles. The highest BCUT2D eigenvalue weighted by molar-refractivity contribution is 6.03. The summed E-state index contributed by atoms with van der Waals surface area (Å²) in [5.74, 6) is 2.07. The number of rotatable bonds is 3. The molecule has 5 atom stereocenters. The summed E-state index contributed by atoms with van der Waals surface area (Å²) in [6.07, 6.45) is 4.71. The van der Waals surface area contributed by atoms with E-state index in [1.54, 1.807) is 13.2 Å². The number of aliphatic hydroxyl groups is 1. The summed E-state index contributed by atoms with van der Waals surface area (Å²) in [5, 5.41) is 25.2. The van der Waals surface area contributed by atoms with Crippen molar-refractivity contribution >= 4 is 5.71 Å². The number of benzene rings is 1. The average Bonchev–Trinajstić information content (AvgIpc) is 2.92. The number of oxime groups is 1. The Morgan fingerprint density at radius 2 is 2.08 bits per heavy atom. The van der Waals surface area contributed by atoms with Crippen LogP contribution in [0.5, 0.6) is 11.5 Å². The number of phenolic OH excluding ortho intramolecular Hbond substituents is 1. The molecule has 1 aromatic rings. The van der Waals surface area contributed by atoms with Crippen molar-refractivity contribution in [2.24, 2.45) is 22.4 Å². The van der Waals surface area contributed by atoms with Crippen molar-refractivity contribution in [2.75, 3.05) is 13.7 Å². The van der Waals surface area contributed by atoms with Crippen molar-refractivity contribution in [1.29, 1.82) is 0 Å². The van der Waals surface area contributed by atoms with Gasteiger partial charge in [0.25, 0.3) is 0 Å². The van der Waals surface area contributed by atoms with E-state index < -0.39 is 0 Å². The molecule has 0 saturated heterocycles. The van der Waals surface area contributed by atoms with Gasteiger partial charge in [0, 0.05) is 5.56 Å². The molecule has 2 saturated carbocycles. The number of ether oxygens (including phenoxy) is 1. The number of fused-ring (bicyclic) bond motifs is 5. The van der Waals surface area contributed by atoms with Gasteiger partial charge in [-0.25, -0.2) is 0 Å². The molecule has 2 fully saturated rings. The van der Waals surface area contributed by atoms with Crippen LogP contribution in [0.15, 0.2) is 17.3 Å². The minimum atomic E-state index is -0.198. The highest BCUT2D eigenvalue weighted by atomic mass is 16.6. The van der Waals surface area contributed by atoms with Gasteiger partial charge in [-0.3, -0.25) is 0 Å². The predicted molar refractivity (Wildman–Crippen MR) is 99.7 cm³/mol. The summed E-state index contributed by atoms with van der Waals surface area (Å²) in [7, 11) is 1.57. The molecule has 0 bridgehead atoms. The number of nitrogens with zero attached hydrogens (tertiary/aromatic N) is 1. The van der Waals surface area contributed by atoms with Gasteiger partial charge in [0.2, 0.25) is 0 Å². The maximum atomic E-state index is 10.6. The first-order valence-electron chi connectivity index (χ1n) is 9.77. The Balaban J connectivity index is 1.80. The van der Waals surface area contributed by atoms with Gasteiger partial charge < -0.3 is 19.8 Å². The average molecular weight is 359 g/mol. The molecule has 0 heterocycles. The van der Waals surface area contributed by atoms with Gasteiger partial charge in [-0.15, -0.1) is 0 Å². The van der Waals surface area contributed by atoms with Crippen molar-refractivity contribution in [3.05, 3.63) is 23.3 Å². The Hall–Kier alpha value is -1.75. The molecule has 1 unspecified atom stereocenters. The van der Waals surface area contributed by atoms with Crippen molar-refractivity contribution in [1.82, 2.24) is 0 Å². The summed E-state index contributed by atoms with van der Waals surface area (Å²) in [4.78, 5) is 5.12. The standard InChI is InChI=1S/C21H29NO4/c1-4-26-19-11-13-12-7-8-21(2)16(5-6-20(21)24)14(12)9-17(22-25-3)15(13)10-18(19)23/h10-12,14,16,20,23-24H,4-9H2,1-3H3/b22-17-/t12-,14-,16+,20?,21+/m1/s1. The van der Waals surface area contributed by atoms with Crippen molar-refractivity contribution in [3.63, 3.8) is 0 Å². The molecule has 0 aliphatic heterocycles. The molecule has 0 aromatic heterocycles. The van der Waals surface area contributed by atoms with E-state index in [2.05, 4.69) is 12.1 Å². The van der Waals surface area contributed by atoms with E-state index in [4.69, 9.17) is 9.57 Å². The molecular weight excluding hydrogens is 330 g/mol. The second-order valence-electron chi connectivity index (χ2n) is 8.28. The zero-order valence-electron chi connectivity index (χ0n) is 15.9. The van der Waals surface area contributed by atoms with Gasteiger partial charge in [-0.2, -0.15) is 0 Å². The van der Waals surface area contributed by atoms with Crippen LogP contribution in [0.1, 0.15) is 63.0 Å². The van der Waals surface area contributed by atoms with Crippen molar-refractivity contribution < 1.29 is 19.8 Å². The Bertz CT molecular complexity index is 731. The third-order valence-electron chi connectivity index (χ3n) is 7.16. The maximum absolute atomic E-state index is 10.6. The first-order chi connectivity index (χ1) is 12.5. The monoisotopic (exact) mass is 359 g/mol. The van der Waals surface area contributed by atoms with Crippen LogP contribution in [0.25, 0.3) is 0 Å². The molecule has 5 heteroatoms. The summed E-state index contributed by atoms with van der Waals surface area (Å²) < 4.78 is 5.64. The molecule has 1 aromatic carbocycles. The number of aromatic hydroxyl groups is 1. The normalized spacial score (nSPS) is 37.0. The Kier molecular flexibility index (Phi) is 4.38. The van der Waals surface area contributed by atoms with Gasteiger partial charge >= 0.3 is 0 Å². The fourth-order valence-electron chi connectivity index (χ4n) is 5.87. The van der Waals surface area contributed by atoms with Gasteiger partial charge in [0.1, 0.15) is 7.11 Å². The van der Waals surface area contributed by atoms with E-state index in [1.807, 2.05) is 13.0 Å². The lowest BCUT2D eigenvalue weighted by molar-refractivity contribution is -0.0179. The van der Waals surface area contributed by atoms with Crippen LogP contribution in [-0.4, -0.2) is 35.7 Å². The van der Waals surface area contributed by atoms with E-state index >= 15 is 0 Å². The third-order valence-corrected chi connectivity index (χ3v) is 7.16. The molecule has 3 aliphatic rings. The minimum absolute atomic E-state index is 0.0104. The van der Waals surface area contributed by atoms with Crippen LogP contribution >= 0.6 is 0 Å². The summed E-state index contributed by atoms with van der Waals surface area (Å²) in [6, 6.07) is 3.79. The van der Waals surface area contributed by atoms with E-state index in [0.717, 1.165) is 43.4 Å². The first kappa shape index (κ1) is 17.7. The molecule has 142 valence electrons. The lowest BCUT2D eigenvalue weighted by atomic mass is 9.55. The zero-order chi connectivity index (χ0) is 18.5. The van der Waals surface area contributed by atoms with Crippen LogP contribution in [0.4, 0.5) is 0 Å². The van der Waals surface area contributed by atoms with E-state index in [9.17, 15) is 10.2 Å². The maximum Gasteiger partial charge on any atom is 0.161 e. The molecule has 2 N–H and O–H groups in total. The molecule has 4 rings (SSSR count). The van der Waals surface area contributed by atoms with Crippen LogP contribution in [0.3, 0.4) is 0 Å². The van der Waals surface area contributed by atoms with Crippen LogP contribution in [0, 0.1) is 17.3 Å². The Morgan fingerprint density at radius 1 is 1.27 bits per heavy atom. The molecule has 0 amide bonds. The predicted octanol–water partition coefficient (Wildman–Crippen LogP) is 3.82. The van der Waals surface area contributed by atoms with Gasteiger partial charge in [-0.05, 0) is 79.9 Å². The zero-order valence-corrected chi connectivity index (χ0v) is 15.9. The third kappa shape index (κ3) is 2.51. The lowest BCUT2D eigenvalue weighted by Crippen LogP contribution is -2.45. The number of hydrogen-bond acceptors (Lipinski definition) is 5. The van der Waals surface area contributed by atoms with Gasteiger partial charge in [-0.1, -0.05) is 12.1 Å². The van der Waals surface area contributed by atoms with Crippen molar-refractivity contribution in [2.45, 2.75) is 58.0 Å². The second-order valence-corrected chi connectivity index (χ2v) is 8.28. The molecular formula is C21H29NO4. The fourth-order valence-corrected chi connectivity index (χ4v) is 5.87. The molecule has 0 radical (unpaired) electrons. The highest BCUT2D eigenvalue weighted by Crippen LogP contribution is 2.61. The van der Waals surface area contributed by atoms with E-state index in [-0.39, 0.29) is 17.3 Å². The van der Waals surface area contributed by atoms with Gasteiger partial charge in [0.15, 0.2) is 11.5 Å². The minimum Gasteiger partial charge on any atom is -0.504 e. The molecule has 26 heavy (non-hydrogen) atoms. The summed E-state index contributed by atoms with van der Waals surface area (Å²) >= 11 is 0. The molecule has 0 spiro atoms. The highest BCUT2D eigenvalue weighted by Gasteiger charge is 2.55. The largest absolute Gasteiger partial charge is 0.504 e. The fraction of sp³-hybridized carbons (Fsp3) is 0.667. The van der Waals surface area contributed by atoms with E-state index in [1.165, 1.54) is 5.56 Å². The topological polar surface area (TPSA) is 71.3 Å².